The zero-order valence-electron chi connectivity index (χ0n) is 12.1. The Hall–Kier alpha value is -2.43. The molecular formula is C16H15N2O4P. The van der Waals surface area contributed by atoms with E-state index in [9.17, 15) is 14.3 Å². The van der Waals surface area contributed by atoms with Gasteiger partial charge >= 0.3 is 5.97 Å². The topological polar surface area (TPSA) is 103 Å². The number of carbonyl (C=O) groups is 1. The maximum Gasteiger partial charge on any atom is 0.335 e. The Labute approximate surface area is 132 Å². The van der Waals surface area contributed by atoms with Crippen LogP contribution in [0.25, 0.3) is 11.0 Å². The summed E-state index contributed by atoms with van der Waals surface area (Å²) in [5.41, 5.74) is 1.41. The van der Waals surface area contributed by atoms with Crippen molar-refractivity contribution in [2.24, 2.45) is 0 Å². The first-order chi connectivity index (χ1) is 11.0. The molecule has 0 spiro atoms. The van der Waals surface area contributed by atoms with Crippen LogP contribution in [0.1, 0.15) is 16.2 Å². The van der Waals surface area contributed by atoms with Crippen molar-refractivity contribution in [1.82, 2.24) is 9.97 Å². The van der Waals surface area contributed by atoms with Gasteiger partial charge in [0.1, 0.15) is 5.82 Å². The average Bonchev–Trinajstić information content (AvgIpc) is 2.96. The number of nitrogens with zero attached hydrogens (tertiary/aromatic N) is 1. The van der Waals surface area contributed by atoms with Gasteiger partial charge in [-0.2, -0.15) is 0 Å². The van der Waals surface area contributed by atoms with Gasteiger partial charge in [0.05, 0.1) is 16.6 Å². The van der Waals surface area contributed by atoms with E-state index >= 15 is 0 Å². The molecule has 0 amide bonds. The molecule has 0 saturated heterocycles. The van der Waals surface area contributed by atoms with E-state index in [4.69, 9.17) is 5.11 Å². The predicted octanol–water partition coefficient (Wildman–Crippen LogP) is 2.40. The Bertz CT molecular complexity index is 905. The Kier molecular flexibility index (Phi) is 4.03. The molecule has 3 N–H and O–H groups in total. The Balaban J connectivity index is 1.79. The number of carboxylic acid groups (broad SMARTS) is 1. The summed E-state index contributed by atoms with van der Waals surface area (Å²) in [6, 6.07) is 13.1. The van der Waals surface area contributed by atoms with Gasteiger partial charge in [0.15, 0.2) is 0 Å². The number of nitrogens with one attached hydrogen (secondary N) is 1. The zero-order chi connectivity index (χ0) is 16.4. The number of aromatic amines is 1. The molecule has 0 aliphatic rings. The van der Waals surface area contributed by atoms with Crippen molar-refractivity contribution >= 4 is 29.7 Å². The minimum absolute atomic E-state index is 0.0720. The lowest BCUT2D eigenvalue weighted by Gasteiger charge is -2.10. The lowest BCUT2D eigenvalue weighted by Crippen LogP contribution is -2.08. The van der Waals surface area contributed by atoms with Gasteiger partial charge in [0.2, 0.25) is 7.37 Å². The molecule has 3 aromatic rings. The number of hydrogen-bond acceptors (Lipinski definition) is 3. The van der Waals surface area contributed by atoms with Crippen LogP contribution in [0.5, 0.6) is 0 Å². The maximum atomic E-state index is 12.4. The van der Waals surface area contributed by atoms with E-state index in [0.29, 0.717) is 28.6 Å². The second-order valence-corrected chi connectivity index (χ2v) is 7.60. The van der Waals surface area contributed by atoms with E-state index in [-0.39, 0.29) is 11.7 Å². The fraction of sp³-hybridized carbons (Fsp3) is 0.125. The Morgan fingerprint density at radius 1 is 1.17 bits per heavy atom. The maximum absolute atomic E-state index is 12.4. The van der Waals surface area contributed by atoms with E-state index in [1.165, 1.54) is 12.1 Å². The van der Waals surface area contributed by atoms with Crippen LogP contribution in [0.3, 0.4) is 0 Å². The molecule has 0 fully saturated rings. The first kappa shape index (κ1) is 15.5. The number of carboxylic acids is 1. The molecule has 0 bridgehead atoms. The van der Waals surface area contributed by atoms with Gasteiger partial charge in [0, 0.05) is 17.9 Å². The number of H-pyrrole nitrogens is 1. The van der Waals surface area contributed by atoms with Crippen LogP contribution < -0.4 is 5.30 Å². The molecule has 23 heavy (non-hydrogen) atoms. The Morgan fingerprint density at radius 2 is 1.91 bits per heavy atom. The first-order valence-corrected chi connectivity index (χ1v) is 8.89. The van der Waals surface area contributed by atoms with Crippen molar-refractivity contribution in [3.63, 3.8) is 0 Å². The molecule has 1 atom stereocenters. The second kappa shape index (κ2) is 5.99. The van der Waals surface area contributed by atoms with Crippen molar-refractivity contribution in [2.75, 3.05) is 6.16 Å². The minimum Gasteiger partial charge on any atom is -0.478 e. The summed E-state index contributed by atoms with van der Waals surface area (Å²) in [6.07, 6.45) is 0.377. The highest BCUT2D eigenvalue weighted by Gasteiger charge is 2.21. The van der Waals surface area contributed by atoms with Crippen molar-refractivity contribution in [1.29, 1.82) is 0 Å². The molecule has 1 heterocycles. The average molecular weight is 330 g/mol. The van der Waals surface area contributed by atoms with Crippen LogP contribution in [0, 0.1) is 0 Å². The normalized spacial score (nSPS) is 13.8. The molecule has 2 aromatic carbocycles. The SMILES string of the molecule is O=C(O)c1ccc2nc(CCP(=O)(O)c3ccccc3)[nH]c2c1. The van der Waals surface area contributed by atoms with Crippen molar-refractivity contribution in [3.05, 3.63) is 59.9 Å². The quantitative estimate of drug-likeness (QED) is 0.623. The molecule has 118 valence electrons. The standard InChI is InChI=1S/C16H15N2O4P/c19-16(20)11-6-7-13-14(10-11)18-15(17-13)8-9-23(21,22)12-4-2-1-3-5-12/h1-7,10H,8-9H2,(H,17,18)(H,19,20)(H,21,22). The molecule has 1 aromatic heterocycles. The number of benzene rings is 2. The molecule has 1 unspecified atom stereocenters. The van der Waals surface area contributed by atoms with E-state index in [0.717, 1.165) is 0 Å². The van der Waals surface area contributed by atoms with Crippen LogP contribution in [-0.4, -0.2) is 32.1 Å². The predicted molar refractivity (Wildman–Crippen MR) is 87.5 cm³/mol. The number of hydrogen-bond donors (Lipinski definition) is 3. The highest BCUT2D eigenvalue weighted by Crippen LogP contribution is 2.39. The summed E-state index contributed by atoms with van der Waals surface area (Å²) in [5, 5.41) is 9.40. The van der Waals surface area contributed by atoms with E-state index in [2.05, 4.69) is 9.97 Å². The minimum atomic E-state index is -3.43. The number of aryl methyl sites for hydroxylation is 1. The van der Waals surface area contributed by atoms with Crippen LogP contribution in [0.15, 0.2) is 48.5 Å². The van der Waals surface area contributed by atoms with Gasteiger partial charge in [-0.25, -0.2) is 9.78 Å². The number of aromatic nitrogens is 2. The van der Waals surface area contributed by atoms with Gasteiger partial charge in [-0.1, -0.05) is 18.2 Å². The fourth-order valence-corrected chi connectivity index (χ4v) is 3.77. The highest BCUT2D eigenvalue weighted by molar-refractivity contribution is 7.66. The van der Waals surface area contributed by atoms with Gasteiger partial charge in [0.25, 0.3) is 0 Å². The zero-order valence-corrected chi connectivity index (χ0v) is 13.0. The lowest BCUT2D eigenvalue weighted by atomic mass is 10.2. The summed E-state index contributed by atoms with van der Waals surface area (Å²) in [5.74, 6) is -0.445. The van der Waals surface area contributed by atoms with Gasteiger partial charge < -0.3 is 15.0 Å². The Morgan fingerprint density at radius 3 is 2.61 bits per heavy atom. The van der Waals surface area contributed by atoms with Gasteiger partial charge in [-0.3, -0.25) is 4.57 Å². The lowest BCUT2D eigenvalue weighted by molar-refractivity contribution is 0.0697. The molecule has 0 aliphatic heterocycles. The van der Waals surface area contributed by atoms with Crippen molar-refractivity contribution in [3.8, 4) is 0 Å². The van der Waals surface area contributed by atoms with Gasteiger partial charge in [-0.05, 0) is 30.3 Å². The van der Waals surface area contributed by atoms with Gasteiger partial charge in [-0.15, -0.1) is 0 Å². The third kappa shape index (κ3) is 3.33. The van der Waals surface area contributed by atoms with Crippen LogP contribution in [0.4, 0.5) is 0 Å². The number of rotatable bonds is 5. The molecular weight excluding hydrogens is 315 g/mol. The highest BCUT2D eigenvalue weighted by atomic mass is 31.2. The molecule has 0 saturated carbocycles. The second-order valence-electron chi connectivity index (χ2n) is 5.23. The van der Waals surface area contributed by atoms with E-state index < -0.39 is 13.3 Å². The summed E-state index contributed by atoms with van der Waals surface area (Å²) in [4.78, 5) is 28.5. The van der Waals surface area contributed by atoms with E-state index in [1.54, 1.807) is 36.4 Å². The third-order valence-corrected chi connectivity index (χ3v) is 5.52. The molecule has 6 nitrogen and oxygen atoms in total. The van der Waals surface area contributed by atoms with Crippen LogP contribution in [-0.2, 0) is 11.0 Å². The molecule has 7 heteroatoms. The summed E-state index contributed by atoms with van der Waals surface area (Å²) < 4.78 is 12.4. The van der Waals surface area contributed by atoms with Crippen LogP contribution >= 0.6 is 7.37 Å². The largest absolute Gasteiger partial charge is 0.478 e. The third-order valence-electron chi connectivity index (χ3n) is 3.59. The molecule has 3 rings (SSSR count). The van der Waals surface area contributed by atoms with Crippen molar-refractivity contribution in [2.45, 2.75) is 6.42 Å². The number of fused-ring (bicyclic) bond motifs is 1. The summed E-state index contributed by atoms with van der Waals surface area (Å²) >= 11 is 0. The monoisotopic (exact) mass is 330 g/mol. The first-order valence-electron chi connectivity index (χ1n) is 7.05. The number of imidazole rings is 1. The van der Waals surface area contributed by atoms with Crippen LogP contribution in [0.2, 0.25) is 0 Å². The van der Waals surface area contributed by atoms with Crippen molar-refractivity contribution < 1.29 is 19.4 Å². The number of aromatic carboxylic acids is 1. The van der Waals surface area contributed by atoms with E-state index in [1.807, 2.05) is 0 Å². The smallest absolute Gasteiger partial charge is 0.335 e. The fourth-order valence-electron chi connectivity index (χ4n) is 2.36. The summed E-state index contributed by atoms with van der Waals surface area (Å²) in [7, 11) is -3.43. The molecule has 0 aliphatic carbocycles. The summed E-state index contributed by atoms with van der Waals surface area (Å²) in [6.45, 7) is 0. The molecule has 0 radical (unpaired) electrons.